The number of hydrogen-bond acceptors (Lipinski definition) is 6. The first-order chi connectivity index (χ1) is 11.5. The molecule has 0 aromatic carbocycles. The first kappa shape index (κ1) is 16.5. The van der Waals surface area contributed by atoms with Crippen molar-refractivity contribution in [1.29, 1.82) is 0 Å². The van der Waals surface area contributed by atoms with Crippen LogP contribution in [0.25, 0.3) is 0 Å². The molecule has 0 unspecified atom stereocenters. The van der Waals surface area contributed by atoms with Gasteiger partial charge in [0.25, 0.3) is 0 Å². The Bertz CT molecular complexity index is 779. The molecule has 0 aromatic rings. The molecule has 4 rings (SSSR count). The average molecular weight is 346 g/mol. The van der Waals surface area contributed by atoms with E-state index in [-0.39, 0.29) is 12.2 Å². The van der Waals surface area contributed by atoms with E-state index in [4.69, 9.17) is 14.2 Å². The van der Waals surface area contributed by atoms with Crippen LogP contribution in [0.5, 0.6) is 0 Å². The molecule has 134 valence electrons. The van der Waals surface area contributed by atoms with Gasteiger partial charge in [-0.2, -0.15) is 0 Å². The van der Waals surface area contributed by atoms with Crippen molar-refractivity contribution in [3.8, 4) is 0 Å². The maximum Gasteiger partial charge on any atom is 0.318 e. The summed E-state index contributed by atoms with van der Waals surface area (Å²) in [4.78, 5) is 25.2. The predicted octanol–water partition coefficient (Wildman–Crippen LogP) is 1.79. The van der Waals surface area contributed by atoms with Crippen LogP contribution in [0.2, 0.25) is 0 Å². The van der Waals surface area contributed by atoms with Crippen molar-refractivity contribution < 1.29 is 28.9 Å². The summed E-state index contributed by atoms with van der Waals surface area (Å²) in [5.41, 5.74) is -1.31. The van der Waals surface area contributed by atoms with Crippen molar-refractivity contribution in [2.24, 2.45) is 11.3 Å². The minimum absolute atomic E-state index is 0.144. The van der Waals surface area contributed by atoms with Crippen LogP contribution in [0.15, 0.2) is 35.6 Å². The summed E-state index contributed by atoms with van der Waals surface area (Å²) < 4.78 is 17.5. The van der Waals surface area contributed by atoms with Crippen LogP contribution in [0.1, 0.15) is 34.1 Å². The van der Waals surface area contributed by atoms with Gasteiger partial charge in [0.15, 0.2) is 5.60 Å². The summed E-state index contributed by atoms with van der Waals surface area (Å²) in [5.74, 6) is -2.45. The Morgan fingerprint density at radius 2 is 2.04 bits per heavy atom. The fourth-order valence-corrected chi connectivity index (χ4v) is 4.64. The summed E-state index contributed by atoms with van der Waals surface area (Å²) >= 11 is 0. The molecule has 6 atom stereocenters. The van der Waals surface area contributed by atoms with Gasteiger partial charge in [0.05, 0.1) is 6.10 Å². The fraction of sp³-hybridized carbons (Fsp3) is 0.579. The maximum absolute atomic E-state index is 12.7. The van der Waals surface area contributed by atoms with Crippen LogP contribution in [0, 0.1) is 11.3 Å². The third kappa shape index (κ3) is 1.81. The fourth-order valence-electron chi connectivity index (χ4n) is 4.64. The van der Waals surface area contributed by atoms with Gasteiger partial charge in [-0.3, -0.25) is 9.59 Å². The van der Waals surface area contributed by atoms with Crippen molar-refractivity contribution in [1.82, 2.24) is 0 Å². The second-order valence-electron chi connectivity index (χ2n) is 7.94. The molecule has 1 N–H and O–H groups in total. The van der Waals surface area contributed by atoms with E-state index in [1.54, 1.807) is 26.8 Å². The summed E-state index contributed by atoms with van der Waals surface area (Å²) in [5, 5.41) is 11.2. The molecule has 2 fully saturated rings. The minimum atomic E-state index is -1.84. The molecular formula is C19H22O6. The number of hydrogen-bond donors (Lipinski definition) is 1. The SMILES string of the molecule is C=C(C)[C@@]1(O)O[C@H]2C[C@@]3(C)OC(=CC3=O)/C(C)=C\[C@@H]3OC(=O)[C@@]1(C)[C@H]32. The van der Waals surface area contributed by atoms with E-state index >= 15 is 0 Å². The van der Waals surface area contributed by atoms with Gasteiger partial charge in [0, 0.05) is 18.4 Å². The van der Waals surface area contributed by atoms with E-state index < -0.39 is 40.9 Å². The van der Waals surface area contributed by atoms with Crippen molar-refractivity contribution in [2.45, 2.75) is 57.7 Å². The van der Waals surface area contributed by atoms with E-state index in [0.717, 1.165) is 5.57 Å². The third-order valence-corrected chi connectivity index (χ3v) is 6.20. The van der Waals surface area contributed by atoms with Crippen LogP contribution < -0.4 is 0 Å². The summed E-state index contributed by atoms with van der Waals surface area (Å²) in [6.45, 7) is 10.6. The molecule has 4 aliphatic heterocycles. The lowest BCUT2D eigenvalue weighted by molar-refractivity contribution is -0.219. The molecule has 2 saturated heterocycles. The Kier molecular flexibility index (Phi) is 3.06. The number of allylic oxidation sites excluding steroid dienone is 1. The van der Waals surface area contributed by atoms with Crippen molar-refractivity contribution in [3.63, 3.8) is 0 Å². The summed E-state index contributed by atoms with van der Waals surface area (Å²) in [7, 11) is 0. The number of carbonyl (C=O) groups excluding carboxylic acids is 2. The zero-order valence-electron chi connectivity index (χ0n) is 14.8. The number of ketones is 1. The van der Waals surface area contributed by atoms with Gasteiger partial charge in [-0.05, 0) is 44.9 Å². The standard InChI is InChI=1S/C19H22O6/c1-9(2)19(22)18(5)15-12(23-16(18)21)6-10(3)11-7-14(20)17(4,24-11)8-13(15)25-19/h6-7,12-13,15,22H,1,8H2,2-5H3/b10-6-/t12-,13-,15+,17+,18+,19+/m0/s1. The van der Waals surface area contributed by atoms with E-state index in [1.807, 2.05) is 6.92 Å². The van der Waals surface area contributed by atoms with Gasteiger partial charge in [-0.15, -0.1) is 0 Å². The van der Waals surface area contributed by atoms with Gasteiger partial charge >= 0.3 is 5.97 Å². The molecule has 0 amide bonds. The molecule has 6 nitrogen and oxygen atoms in total. The molecule has 4 heterocycles. The average Bonchev–Trinajstić information content (AvgIpc) is 3.03. The van der Waals surface area contributed by atoms with Crippen LogP contribution >= 0.6 is 0 Å². The van der Waals surface area contributed by atoms with E-state index in [0.29, 0.717) is 11.3 Å². The highest BCUT2D eigenvalue weighted by molar-refractivity contribution is 6.00. The molecule has 0 spiro atoms. The molecule has 25 heavy (non-hydrogen) atoms. The van der Waals surface area contributed by atoms with E-state index in [9.17, 15) is 14.7 Å². The zero-order chi connectivity index (χ0) is 18.4. The Balaban J connectivity index is 1.90. The van der Waals surface area contributed by atoms with Crippen LogP contribution in [-0.4, -0.2) is 40.5 Å². The van der Waals surface area contributed by atoms with Crippen molar-refractivity contribution in [2.75, 3.05) is 0 Å². The zero-order valence-corrected chi connectivity index (χ0v) is 14.8. The smallest absolute Gasteiger partial charge is 0.318 e. The molecule has 0 saturated carbocycles. The second-order valence-corrected chi connectivity index (χ2v) is 7.94. The first-order valence-corrected chi connectivity index (χ1v) is 8.44. The number of carbonyl (C=O) groups is 2. The number of aliphatic hydroxyl groups is 1. The van der Waals surface area contributed by atoms with Gasteiger partial charge < -0.3 is 19.3 Å². The first-order valence-electron chi connectivity index (χ1n) is 8.44. The molecule has 0 aliphatic carbocycles. The molecule has 2 bridgehead atoms. The third-order valence-electron chi connectivity index (χ3n) is 6.20. The van der Waals surface area contributed by atoms with E-state index in [2.05, 4.69) is 6.58 Å². The summed E-state index contributed by atoms with van der Waals surface area (Å²) in [6, 6.07) is 0. The lowest BCUT2D eigenvalue weighted by Gasteiger charge is -2.34. The quantitative estimate of drug-likeness (QED) is 0.576. The monoisotopic (exact) mass is 346 g/mol. The Hall–Kier alpha value is -1.92. The van der Waals surface area contributed by atoms with Crippen LogP contribution in [-0.2, 0) is 23.8 Å². The number of esters is 1. The summed E-state index contributed by atoms with van der Waals surface area (Å²) in [6.07, 6.45) is 2.33. The predicted molar refractivity (Wildman–Crippen MR) is 87.1 cm³/mol. The maximum atomic E-state index is 12.7. The molecule has 4 aliphatic rings. The van der Waals surface area contributed by atoms with Gasteiger partial charge in [-0.25, -0.2) is 0 Å². The van der Waals surface area contributed by atoms with Crippen LogP contribution in [0.4, 0.5) is 0 Å². The molecular weight excluding hydrogens is 324 g/mol. The number of rotatable bonds is 1. The lowest BCUT2D eigenvalue weighted by atomic mass is 9.67. The number of fused-ring (bicyclic) bond motifs is 2. The minimum Gasteiger partial charge on any atom is -0.479 e. The highest BCUT2D eigenvalue weighted by Crippen LogP contribution is 2.60. The van der Waals surface area contributed by atoms with Gasteiger partial charge in [0.2, 0.25) is 11.6 Å². The highest BCUT2D eigenvalue weighted by atomic mass is 16.7. The van der Waals surface area contributed by atoms with Gasteiger partial charge in [0.1, 0.15) is 17.3 Å². The highest BCUT2D eigenvalue weighted by Gasteiger charge is 2.74. The van der Waals surface area contributed by atoms with E-state index in [1.165, 1.54) is 6.08 Å². The Morgan fingerprint density at radius 1 is 1.36 bits per heavy atom. The Morgan fingerprint density at radius 3 is 2.68 bits per heavy atom. The largest absolute Gasteiger partial charge is 0.479 e. The molecule has 0 radical (unpaired) electrons. The number of ether oxygens (including phenoxy) is 3. The Labute approximate surface area is 146 Å². The van der Waals surface area contributed by atoms with Crippen LogP contribution in [0.3, 0.4) is 0 Å². The lowest BCUT2D eigenvalue weighted by Crippen LogP contribution is -2.49. The second kappa shape index (κ2) is 4.62. The normalized spacial score (nSPS) is 49.9. The molecule has 6 heteroatoms. The molecule has 0 aromatic heterocycles. The van der Waals surface area contributed by atoms with Crippen molar-refractivity contribution in [3.05, 3.63) is 35.6 Å². The topological polar surface area (TPSA) is 82.1 Å². The van der Waals surface area contributed by atoms with Gasteiger partial charge in [-0.1, -0.05) is 6.58 Å². The van der Waals surface area contributed by atoms with Crippen molar-refractivity contribution >= 4 is 11.8 Å².